The van der Waals surface area contributed by atoms with Crippen LogP contribution in [-0.4, -0.2) is 0 Å². The van der Waals surface area contributed by atoms with Gasteiger partial charge in [0.2, 0.25) is 0 Å². The predicted molar refractivity (Wildman–Crippen MR) is 104 cm³/mol. The van der Waals surface area contributed by atoms with Gasteiger partial charge >= 0.3 is 0 Å². The molecule has 0 amide bonds. The maximum Gasteiger partial charge on any atom is -0.0228 e. The molecule has 0 aliphatic heterocycles. The van der Waals surface area contributed by atoms with Gasteiger partial charge in [0, 0.05) is 0 Å². The highest BCUT2D eigenvalue weighted by Crippen LogP contribution is 2.32. The van der Waals surface area contributed by atoms with Gasteiger partial charge in [0.05, 0.1) is 0 Å². The van der Waals surface area contributed by atoms with E-state index < -0.39 is 0 Å². The van der Waals surface area contributed by atoms with Crippen molar-refractivity contribution in [3.8, 4) is 0 Å². The largest absolute Gasteiger partial charge is 0.0804 e. The van der Waals surface area contributed by atoms with Gasteiger partial charge < -0.3 is 0 Å². The summed E-state index contributed by atoms with van der Waals surface area (Å²) >= 11 is 0. The first-order chi connectivity index (χ1) is 11.3. The molecule has 0 saturated heterocycles. The van der Waals surface area contributed by atoms with Crippen LogP contribution in [-0.2, 0) is 6.42 Å². The second kappa shape index (κ2) is 10.7. The lowest BCUT2D eigenvalue weighted by molar-refractivity contribution is 0.445. The minimum Gasteiger partial charge on any atom is -0.0804 e. The molecular formula is C23H36. The van der Waals surface area contributed by atoms with Gasteiger partial charge in [-0.15, -0.1) is 0 Å². The first-order valence-electron chi connectivity index (χ1n) is 10.1. The van der Waals surface area contributed by atoms with Crippen LogP contribution in [0.25, 0.3) is 5.57 Å². The molecule has 128 valence electrons. The third-order valence-electron chi connectivity index (χ3n) is 5.36. The Morgan fingerprint density at radius 1 is 0.870 bits per heavy atom. The zero-order valence-electron chi connectivity index (χ0n) is 15.4. The van der Waals surface area contributed by atoms with E-state index in [1.54, 1.807) is 5.57 Å². The summed E-state index contributed by atoms with van der Waals surface area (Å²) in [5, 5.41) is 0. The van der Waals surface area contributed by atoms with Crippen LogP contribution in [0.5, 0.6) is 0 Å². The van der Waals surface area contributed by atoms with Crippen LogP contribution in [0.15, 0.2) is 30.3 Å². The fourth-order valence-electron chi connectivity index (χ4n) is 3.82. The Kier molecular flexibility index (Phi) is 8.50. The van der Waals surface area contributed by atoms with Crippen molar-refractivity contribution in [2.45, 2.75) is 90.9 Å². The summed E-state index contributed by atoms with van der Waals surface area (Å²) in [6.07, 6.45) is 18.8. The Morgan fingerprint density at radius 3 is 2.26 bits per heavy atom. The van der Waals surface area contributed by atoms with Crippen LogP contribution >= 0.6 is 0 Å². The summed E-state index contributed by atoms with van der Waals surface area (Å²) in [6, 6.07) is 9.44. The zero-order valence-corrected chi connectivity index (χ0v) is 15.4. The van der Waals surface area contributed by atoms with Gasteiger partial charge in [0.15, 0.2) is 0 Å². The first kappa shape index (κ1) is 18.3. The lowest BCUT2D eigenvalue weighted by Crippen LogP contribution is -2.05. The highest BCUT2D eigenvalue weighted by molar-refractivity contribution is 5.66. The molecule has 1 aliphatic rings. The molecule has 0 bridgehead atoms. The lowest BCUT2D eigenvalue weighted by Gasteiger charge is -2.21. The molecular weight excluding hydrogens is 276 g/mol. The molecule has 0 saturated carbocycles. The number of unbranched alkanes of at least 4 members (excludes halogenated alkanes) is 5. The van der Waals surface area contributed by atoms with Crippen molar-refractivity contribution in [1.82, 2.24) is 0 Å². The average Bonchev–Trinajstić information content (AvgIpc) is 2.60. The van der Waals surface area contributed by atoms with Crippen LogP contribution in [0, 0.1) is 5.92 Å². The van der Waals surface area contributed by atoms with E-state index in [1.807, 2.05) is 0 Å². The summed E-state index contributed by atoms with van der Waals surface area (Å²) < 4.78 is 0. The molecule has 0 radical (unpaired) electrons. The molecule has 23 heavy (non-hydrogen) atoms. The average molecular weight is 313 g/mol. The lowest BCUT2D eigenvalue weighted by atomic mass is 9.84. The monoisotopic (exact) mass is 312 g/mol. The Hall–Kier alpha value is -1.04. The molecule has 0 N–H and O–H groups in total. The molecule has 1 aromatic carbocycles. The van der Waals surface area contributed by atoms with E-state index in [4.69, 9.17) is 0 Å². The molecule has 0 nitrogen and oxygen atoms in total. The number of hydrogen-bond donors (Lipinski definition) is 0. The minimum absolute atomic E-state index is 0.940. The highest BCUT2D eigenvalue weighted by atomic mass is 14.2. The van der Waals surface area contributed by atoms with Crippen molar-refractivity contribution >= 4 is 5.57 Å². The van der Waals surface area contributed by atoms with Gasteiger partial charge in [-0.25, -0.2) is 0 Å². The molecule has 1 aliphatic carbocycles. The van der Waals surface area contributed by atoms with Crippen LogP contribution in [0.3, 0.4) is 0 Å². The van der Waals surface area contributed by atoms with Crippen molar-refractivity contribution in [2.24, 2.45) is 5.92 Å². The third kappa shape index (κ3) is 6.53. The van der Waals surface area contributed by atoms with Gasteiger partial charge in [0.1, 0.15) is 0 Å². The second-order valence-electron chi connectivity index (χ2n) is 7.37. The summed E-state index contributed by atoms with van der Waals surface area (Å²) in [6.45, 7) is 4.59. The molecule has 1 aromatic rings. The fraction of sp³-hybridized carbons (Fsp3) is 0.652. The van der Waals surface area contributed by atoms with Crippen molar-refractivity contribution in [3.05, 3.63) is 41.5 Å². The van der Waals surface area contributed by atoms with Crippen LogP contribution in [0.1, 0.15) is 95.6 Å². The fourth-order valence-corrected chi connectivity index (χ4v) is 3.82. The minimum atomic E-state index is 0.940. The third-order valence-corrected chi connectivity index (χ3v) is 5.36. The van der Waals surface area contributed by atoms with Gasteiger partial charge in [-0.05, 0) is 54.7 Å². The maximum absolute atomic E-state index is 2.51. The van der Waals surface area contributed by atoms with Gasteiger partial charge in [-0.2, -0.15) is 0 Å². The molecule has 1 unspecified atom stereocenters. The van der Waals surface area contributed by atoms with E-state index in [2.05, 4.69) is 44.2 Å². The van der Waals surface area contributed by atoms with Gasteiger partial charge in [-0.1, -0.05) is 89.1 Å². The Labute approximate surface area is 144 Å². The van der Waals surface area contributed by atoms with Crippen LogP contribution in [0.2, 0.25) is 0 Å². The molecule has 0 heterocycles. The van der Waals surface area contributed by atoms with Gasteiger partial charge in [-0.3, -0.25) is 0 Å². The topological polar surface area (TPSA) is 0 Å². The molecule has 2 rings (SSSR count). The molecule has 0 spiro atoms. The highest BCUT2D eigenvalue weighted by Gasteiger charge is 2.14. The first-order valence-corrected chi connectivity index (χ1v) is 10.1. The molecule has 0 heteroatoms. The number of rotatable bonds is 10. The van der Waals surface area contributed by atoms with Crippen molar-refractivity contribution in [2.75, 3.05) is 0 Å². The predicted octanol–water partition coefficient (Wildman–Crippen LogP) is 7.57. The zero-order chi connectivity index (χ0) is 16.3. The summed E-state index contributed by atoms with van der Waals surface area (Å²) in [4.78, 5) is 0. The number of hydrogen-bond acceptors (Lipinski definition) is 0. The Morgan fingerprint density at radius 2 is 1.61 bits per heavy atom. The van der Waals surface area contributed by atoms with E-state index in [-0.39, 0.29) is 0 Å². The Bertz CT molecular complexity index is 451. The molecule has 0 fully saturated rings. The van der Waals surface area contributed by atoms with Crippen molar-refractivity contribution in [3.63, 3.8) is 0 Å². The van der Waals surface area contributed by atoms with E-state index >= 15 is 0 Å². The van der Waals surface area contributed by atoms with Crippen LogP contribution < -0.4 is 0 Å². The number of aryl methyl sites for hydroxylation is 1. The summed E-state index contributed by atoms with van der Waals surface area (Å²) in [5.74, 6) is 0.940. The van der Waals surface area contributed by atoms with Crippen LogP contribution in [0.4, 0.5) is 0 Å². The smallest absolute Gasteiger partial charge is 0.0228 e. The van der Waals surface area contributed by atoms with E-state index in [9.17, 15) is 0 Å². The standard InChI is InChI=1S/C23H36/c1-3-5-6-7-8-9-11-21-14-18-23(19-15-21)22-16-12-20(10-4-2)13-17-22/h14-16,18-20H,3-13,17H2,1-2H3. The second-order valence-corrected chi connectivity index (χ2v) is 7.37. The quantitative estimate of drug-likeness (QED) is 0.391. The van der Waals surface area contributed by atoms with Gasteiger partial charge in [0.25, 0.3) is 0 Å². The van der Waals surface area contributed by atoms with Crippen molar-refractivity contribution in [1.29, 1.82) is 0 Å². The number of benzene rings is 1. The maximum atomic E-state index is 2.51. The molecule has 1 atom stereocenters. The summed E-state index contributed by atoms with van der Waals surface area (Å²) in [5.41, 5.74) is 4.57. The van der Waals surface area contributed by atoms with E-state index in [0.717, 1.165) is 5.92 Å². The van der Waals surface area contributed by atoms with E-state index in [1.165, 1.54) is 88.2 Å². The SMILES string of the molecule is CCCCCCCCc1ccc(C2=CCC(CCC)CC2)cc1. The van der Waals surface area contributed by atoms with E-state index in [0.29, 0.717) is 0 Å². The summed E-state index contributed by atoms with van der Waals surface area (Å²) in [7, 11) is 0. The number of allylic oxidation sites excluding steroid dienone is 2. The Balaban J connectivity index is 1.74. The van der Waals surface area contributed by atoms with Crippen molar-refractivity contribution < 1.29 is 0 Å². The normalized spacial score (nSPS) is 18.0. The molecule has 0 aromatic heterocycles.